The zero-order chi connectivity index (χ0) is 54.5. The molecule has 0 aromatic heterocycles. The standard InChI is InChI=1S/C24BF20.C22H16O5S/c26-5-1(6(27)14(35)21(42)13(5)34)25(2-7(28)15(36)22(43)16(37)8(2)29,3-9(30)17(38)23(44)18(39)10(3)31)4-11(32)19(40)24(45)20(41)12(4)33;23-20(15-6-2-1-3-7-15)14-28(18-10-4-8-16(12-18)21(24)25)19-11-5-9-17(13-19)22(26)27/h;1-13H,14H2,(H-,24,25,26,27)/q-1;/p+1. The van der Waals surface area contributed by atoms with Crippen LogP contribution in [-0.4, -0.2) is 39.8 Å². The predicted octanol–water partition coefficient (Wildman–Crippen LogP) is 9.85. The SMILES string of the molecule is Fc1c(F)c(F)c([B-](c2c(F)c(F)c(F)c(F)c2F)(c2c(F)c(F)c(F)c(F)c2F)c2c(F)c(F)c(F)c(F)c2F)c(F)c1F.O=C(O)c1cccc([S+](CC(=O)c2ccccc2)c2cccc(C(=O)O)c2)c1. The quantitative estimate of drug-likeness (QED) is 0.0337. The second-order valence-electron chi connectivity index (χ2n) is 14.8. The zero-order valence-electron chi connectivity index (χ0n) is 34.9. The molecule has 7 aromatic carbocycles. The first kappa shape index (κ1) is 54.5. The largest absolute Gasteiger partial charge is 0.478 e. The fraction of sp³-hybridized carbons (Fsp3) is 0.0217. The van der Waals surface area contributed by atoms with Crippen molar-refractivity contribution in [3.63, 3.8) is 0 Å². The first-order valence-corrected chi connectivity index (χ1v) is 20.7. The number of carboxylic acid groups (broad SMARTS) is 2. The number of ketones is 1. The maximum absolute atomic E-state index is 15.4. The molecule has 73 heavy (non-hydrogen) atoms. The van der Waals surface area contributed by atoms with Crippen LogP contribution in [0.15, 0.2) is 88.7 Å². The van der Waals surface area contributed by atoms with Gasteiger partial charge in [0.05, 0.1) is 22.0 Å². The Morgan fingerprint density at radius 2 is 0.562 bits per heavy atom. The molecule has 27 heteroatoms. The Morgan fingerprint density at radius 1 is 0.329 bits per heavy atom. The number of rotatable bonds is 11. The highest BCUT2D eigenvalue weighted by molar-refractivity contribution is 7.97. The summed E-state index contributed by atoms with van der Waals surface area (Å²) in [6.07, 6.45) is -7.22. The van der Waals surface area contributed by atoms with Crippen LogP contribution >= 0.6 is 0 Å². The number of hydrogen-bond acceptors (Lipinski definition) is 3. The van der Waals surface area contributed by atoms with Gasteiger partial charge < -0.3 is 10.2 Å². The normalized spacial score (nSPS) is 11.5. The van der Waals surface area contributed by atoms with E-state index in [0.717, 1.165) is 0 Å². The van der Waals surface area contributed by atoms with E-state index in [0.29, 0.717) is 15.4 Å². The first-order valence-electron chi connectivity index (χ1n) is 19.3. The van der Waals surface area contributed by atoms with E-state index in [-0.39, 0.29) is 22.7 Å². The van der Waals surface area contributed by atoms with Crippen LogP contribution in [0.4, 0.5) is 87.8 Å². The minimum absolute atomic E-state index is 0.0922. The smallest absolute Gasteiger partial charge is 0.335 e. The Balaban J connectivity index is 0.000000265. The van der Waals surface area contributed by atoms with Gasteiger partial charge in [0.2, 0.25) is 5.78 Å². The van der Waals surface area contributed by atoms with Crippen LogP contribution < -0.4 is 21.9 Å². The third-order valence-corrected chi connectivity index (χ3v) is 13.0. The van der Waals surface area contributed by atoms with Crippen molar-refractivity contribution in [3.8, 4) is 0 Å². The lowest BCUT2D eigenvalue weighted by Gasteiger charge is -2.44. The Hall–Kier alpha value is -7.84. The summed E-state index contributed by atoms with van der Waals surface area (Å²) in [5.74, 6) is -73.5. The van der Waals surface area contributed by atoms with Crippen molar-refractivity contribution in [2.45, 2.75) is 9.79 Å². The van der Waals surface area contributed by atoms with Gasteiger partial charge in [-0.1, -0.05) is 42.5 Å². The minimum atomic E-state index is -7.22. The Bertz CT molecular complexity index is 3000. The van der Waals surface area contributed by atoms with Crippen molar-refractivity contribution >= 4 is 56.6 Å². The van der Waals surface area contributed by atoms with Crippen molar-refractivity contribution in [2.24, 2.45) is 0 Å². The van der Waals surface area contributed by atoms with Gasteiger partial charge in [0.15, 0.2) is 85.4 Å². The molecule has 0 saturated carbocycles. The molecule has 0 heterocycles. The first-order chi connectivity index (χ1) is 34.2. The molecular formula is C46H17BF20O5S. The summed E-state index contributed by atoms with van der Waals surface area (Å²) in [5, 5.41) is 18.6. The second kappa shape index (κ2) is 20.7. The lowest BCUT2D eigenvalue weighted by atomic mass is 9.12. The highest BCUT2D eigenvalue weighted by Crippen LogP contribution is 2.32. The van der Waals surface area contributed by atoms with Gasteiger partial charge in [-0.15, -0.1) is 21.9 Å². The van der Waals surface area contributed by atoms with Crippen molar-refractivity contribution in [2.75, 3.05) is 5.75 Å². The van der Waals surface area contributed by atoms with E-state index in [1.54, 1.807) is 48.5 Å². The second-order valence-corrected chi connectivity index (χ2v) is 16.8. The summed E-state index contributed by atoms with van der Waals surface area (Å²) >= 11 is 0. The van der Waals surface area contributed by atoms with E-state index in [9.17, 15) is 77.3 Å². The molecule has 5 nitrogen and oxygen atoms in total. The molecule has 2 N–H and O–H groups in total. The van der Waals surface area contributed by atoms with Gasteiger partial charge in [-0.2, -0.15) is 0 Å². The Kier molecular flexibility index (Phi) is 15.5. The summed E-state index contributed by atoms with van der Waals surface area (Å²) < 4.78 is 294. The lowest BCUT2D eigenvalue weighted by molar-refractivity contribution is 0.0686. The van der Waals surface area contributed by atoms with Gasteiger partial charge in [0.1, 0.15) is 52.7 Å². The van der Waals surface area contributed by atoms with Gasteiger partial charge in [-0.25, -0.2) is 97.4 Å². The topological polar surface area (TPSA) is 91.7 Å². The molecule has 0 amide bonds. The number of benzene rings is 7. The van der Waals surface area contributed by atoms with E-state index in [4.69, 9.17) is 0 Å². The fourth-order valence-electron chi connectivity index (χ4n) is 7.58. The maximum atomic E-state index is 15.4. The van der Waals surface area contributed by atoms with Crippen LogP contribution in [0.5, 0.6) is 0 Å². The number of aromatic carboxylic acids is 2. The lowest BCUT2D eigenvalue weighted by Crippen LogP contribution is -2.81. The van der Waals surface area contributed by atoms with Gasteiger partial charge in [-0.3, -0.25) is 4.79 Å². The van der Waals surface area contributed by atoms with Crippen molar-refractivity contribution < 1.29 is 112 Å². The van der Waals surface area contributed by atoms with Gasteiger partial charge >= 0.3 is 11.9 Å². The summed E-state index contributed by atoms with van der Waals surface area (Å²) in [7, 11) is -0.812. The molecule has 0 radical (unpaired) electrons. The van der Waals surface area contributed by atoms with E-state index < -0.39 is 167 Å². The molecule has 0 spiro atoms. The number of carbonyl (C=O) groups excluding carboxylic acids is 1. The number of Topliss-reactive ketones (excluding diaryl/α,β-unsaturated/α-hetero) is 1. The molecule has 0 unspecified atom stereocenters. The monoisotopic (exact) mass is 1070 g/mol. The zero-order valence-corrected chi connectivity index (χ0v) is 35.7. The molecule has 0 aliphatic rings. The molecule has 7 rings (SSSR count). The molecule has 380 valence electrons. The van der Waals surface area contributed by atoms with Crippen LogP contribution in [0.2, 0.25) is 0 Å². The summed E-state index contributed by atoms with van der Waals surface area (Å²) in [6, 6.07) is 21.7. The molecule has 0 fully saturated rings. The van der Waals surface area contributed by atoms with E-state index in [1.165, 1.54) is 24.3 Å². The van der Waals surface area contributed by atoms with Crippen molar-refractivity contribution in [1.82, 2.24) is 0 Å². The number of hydrogen-bond donors (Lipinski definition) is 2. The van der Waals surface area contributed by atoms with Gasteiger partial charge in [-0.05, 0) is 24.3 Å². The van der Waals surface area contributed by atoms with E-state index in [2.05, 4.69) is 0 Å². The number of halogens is 20. The maximum Gasteiger partial charge on any atom is 0.335 e. The van der Waals surface area contributed by atoms with Crippen LogP contribution in [-0.2, 0) is 10.9 Å². The molecule has 0 atom stereocenters. The third-order valence-electron chi connectivity index (χ3n) is 10.8. The fourth-order valence-corrected chi connectivity index (χ4v) is 9.64. The average Bonchev–Trinajstić information content (AvgIpc) is 3.38. The van der Waals surface area contributed by atoms with Crippen LogP contribution in [0, 0.1) is 116 Å². The van der Waals surface area contributed by atoms with Crippen LogP contribution in [0.3, 0.4) is 0 Å². The van der Waals surface area contributed by atoms with Gasteiger partial charge in [0.25, 0.3) is 0 Å². The number of carbonyl (C=O) groups is 3. The van der Waals surface area contributed by atoms with Crippen LogP contribution in [0.25, 0.3) is 0 Å². The molecule has 0 aliphatic heterocycles. The van der Waals surface area contributed by atoms with Crippen LogP contribution in [0.1, 0.15) is 31.1 Å². The minimum Gasteiger partial charge on any atom is -0.478 e. The molecule has 0 saturated heterocycles. The Morgan fingerprint density at radius 3 is 0.808 bits per heavy atom. The molecule has 7 aromatic rings. The summed E-state index contributed by atoms with van der Waals surface area (Å²) in [6.45, 7) is 0. The summed E-state index contributed by atoms with van der Waals surface area (Å²) in [5.41, 5.74) is -13.5. The third kappa shape index (κ3) is 9.20. The molecule has 0 bridgehead atoms. The molecule has 0 aliphatic carbocycles. The van der Waals surface area contributed by atoms with Crippen molar-refractivity contribution in [3.05, 3.63) is 212 Å². The summed E-state index contributed by atoms with van der Waals surface area (Å²) in [4.78, 5) is 36.9. The average molecular weight is 1070 g/mol. The van der Waals surface area contributed by atoms with E-state index >= 15 is 35.1 Å². The highest BCUT2D eigenvalue weighted by Gasteiger charge is 2.52. The Labute approximate surface area is 395 Å². The van der Waals surface area contributed by atoms with Gasteiger partial charge in [0, 0.05) is 17.7 Å². The highest BCUT2D eigenvalue weighted by atomic mass is 32.2. The van der Waals surface area contributed by atoms with E-state index in [1.807, 2.05) is 6.07 Å². The molecular weight excluding hydrogens is 1060 g/mol. The number of carboxylic acids is 2. The van der Waals surface area contributed by atoms with Crippen molar-refractivity contribution in [1.29, 1.82) is 0 Å². The predicted molar refractivity (Wildman–Crippen MR) is 216 cm³/mol.